The maximum absolute atomic E-state index is 12.5. The Kier molecular flexibility index (Phi) is 5.94. The van der Waals surface area contributed by atoms with Gasteiger partial charge >= 0.3 is 0 Å². The summed E-state index contributed by atoms with van der Waals surface area (Å²) in [7, 11) is -3.23. The molecule has 3 aromatic rings. The molecule has 1 amide bonds. The molecule has 0 saturated carbocycles. The zero-order valence-corrected chi connectivity index (χ0v) is 18.1. The highest BCUT2D eigenvalue weighted by atomic mass is 35.5. The first kappa shape index (κ1) is 20.6. The van der Waals surface area contributed by atoms with E-state index in [9.17, 15) is 13.2 Å². The topological polar surface area (TPSA) is 88.6 Å². The van der Waals surface area contributed by atoms with E-state index in [2.05, 4.69) is 10.3 Å². The largest absolute Gasteiger partial charge is 0.486 e. The van der Waals surface area contributed by atoms with Crippen molar-refractivity contribution >= 4 is 50.2 Å². The third-order valence-corrected chi connectivity index (χ3v) is 7.42. The third-order valence-electron chi connectivity index (χ3n) is 4.47. The minimum atomic E-state index is -3.23. The van der Waals surface area contributed by atoms with Crippen LogP contribution < -0.4 is 14.4 Å². The van der Waals surface area contributed by atoms with Crippen LogP contribution in [0.3, 0.4) is 0 Å². The van der Waals surface area contributed by atoms with Gasteiger partial charge in [-0.3, -0.25) is 9.10 Å². The number of halogens is 1. The molecule has 0 atom stereocenters. The van der Waals surface area contributed by atoms with Crippen molar-refractivity contribution < 1.29 is 17.9 Å². The second kappa shape index (κ2) is 8.63. The van der Waals surface area contributed by atoms with Crippen LogP contribution in [0.25, 0.3) is 0 Å². The number of hydrogen-bond donors (Lipinski definition) is 1. The van der Waals surface area contributed by atoms with Crippen LogP contribution in [0.1, 0.15) is 21.9 Å². The second-order valence-corrected chi connectivity index (χ2v) is 10.0. The Bertz CT molecular complexity index is 1150. The number of aromatic nitrogens is 1. The Morgan fingerprint density at radius 3 is 2.57 bits per heavy atom. The van der Waals surface area contributed by atoms with Gasteiger partial charge in [-0.1, -0.05) is 11.6 Å². The SMILES string of the molecule is O=C(Nc1ccc(N2CCCS2(=O)=O)cc1)c1csc(COc2ccc(Cl)cc2)n1. The van der Waals surface area contributed by atoms with E-state index < -0.39 is 10.0 Å². The second-order valence-electron chi connectivity index (χ2n) is 6.61. The molecule has 1 aliphatic heterocycles. The van der Waals surface area contributed by atoms with Crippen molar-refractivity contribution in [2.24, 2.45) is 0 Å². The molecule has 0 spiro atoms. The summed E-state index contributed by atoms with van der Waals surface area (Å²) in [5.74, 6) is 0.491. The third kappa shape index (κ3) is 4.75. The molecule has 2 aromatic carbocycles. The molecule has 7 nitrogen and oxygen atoms in total. The van der Waals surface area contributed by atoms with E-state index >= 15 is 0 Å². The van der Waals surface area contributed by atoms with Crippen molar-refractivity contribution in [2.75, 3.05) is 21.9 Å². The predicted molar refractivity (Wildman–Crippen MR) is 118 cm³/mol. The summed E-state index contributed by atoms with van der Waals surface area (Å²) >= 11 is 7.18. The number of hydrogen-bond acceptors (Lipinski definition) is 6. The van der Waals surface area contributed by atoms with Crippen LogP contribution in [0, 0.1) is 0 Å². The summed E-state index contributed by atoms with van der Waals surface area (Å²) in [6.45, 7) is 0.728. The summed E-state index contributed by atoms with van der Waals surface area (Å²) in [5.41, 5.74) is 1.45. The van der Waals surface area contributed by atoms with E-state index in [-0.39, 0.29) is 18.3 Å². The maximum Gasteiger partial charge on any atom is 0.275 e. The Labute approximate surface area is 183 Å². The first-order valence-corrected chi connectivity index (χ1v) is 12.0. The summed E-state index contributed by atoms with van der Waals surface area (Å²) < 4.78 is 31.0. The number of nitrogens with zero attached hydrogens (tertiary/aromatic N) is 2. The smallest absolute Gasteiger partial charge is 0.275 e. The highest BCUT2D eigenvalue weighted by molar-refractivity contribution is 7.93. The van der Waals surface area contributed by atoms with Crippen LogP contribution in [0.4, 0.5) is 11.4 Å². The van der Waals surface area contributed by atoms with Crippen LogP contribution in [0.15, 0.2) is 53.9 Å². The summed E-state index contributed by atoms with van der Waals surface area (Å²) in [6, 6.07) is 13.7. The van der Waals surface area contributed by atoms with Crippen LogP contribution >= 0.6 is 22.9 Å². The molecule has 10 heteroatoms. The minimum absolute atomic E-state index is 0.166. The zero-order valence-electron chi connectivity index (χ0n) is 15.7. The van der Waals surface area contributed by atoms with Gasteiger partial charge in [0.25, 0.3) is 5.91 Å². The van der Waals surface area contributed by atoms with Crippen molar-refractivity contribution in [1.29, 1.82) is 0 Å². The Morgan fingerprint density at radius 2 is 1.90 bits per heavy atom. The standard InChI is InChI=1S/C20H18ClN3O4S2/c21-14-2-8-17(9-3-14)28-12-19-23-18(13-29-19)20(25)22-15-4-6-16(7-5-15)24-10-1-11-30(24,26)27/h2-9,13H,1,10-12H2,(H,22,25). The van der Waals surface area contributed by atoms with E-state index in [0.29, 0.717) is 45.8 Å². The van der Waals surface area contributed by atoms with Crippen LogP contribution in [0.5, 0.6) is 5.75 Å². The van der Waals surface area contributed by atoms with E-state index in [1.54, 1.807) is 53.9 Å². The summed E-state index contributed by atoms with van der Waals surface area (Å²) in [5, 5.41) is 5.74. The molecule has 0 aliphatic carbocycles. The number of benzene rings is 2. The molecule has 156 valence electrons. The molecule has 1 fully saturated rings. The van der Waals surface area contributed by atoms with E-state index in [1.165, 1.54) is 15.6 Å². The summed E-state index contributed by atoms with van der Waals surface area (Å²) in [4.78, 5) is 16.8. The molecular weight excluding hydrogens is 446 g/mol. The Hall–Kier alpha value is -2.62. The molecule has 2 heterocycles. The Balaban J connectivity index is 1.35. The fraction of sp³-hybridized carbons (Fsp3) is 0.200. The maximum atomic E-state index is 12.5. The van der Waals surface area contributed by atoms with Crippen LogP contribution in [-0.4, -0.2) is 31.6 Å². The van der Waals surface area contributed by atoms with Crippen molar-refractivity contribution in [3.63, 3.8) is 0 Å². The molecular formula is C20H18ClN3O4S2. The highest BCUT2D eigenvalue weighted by Crippen LogP contribution is 2.25. The summed E-state index contributed by atoms with van der Waals surface area (Å²) in [6.07, 6.45) is 0.620. The van der Waals surface area contributed by atoms with E-state index in [0.717, 1.165) is 0 Å². The monoisotopic (exact) mass is 463 g/mol. The number of ether oxygens (including phenoxy) is 1. The number of nitrogens with one attached hydrogen (secondary N) is 1. The fourth-order valence-electron chi connectivity index (χ4n) is 2.99. The molecule has 1 aromatic heterocycles. The Morgan fingerprint density at radius 1 is 1.17 bits per heavy atom. The lowest BCUT2D eigenvalue weighted by molar-refractivity contribution is 0.102. The van der Waals surface area contributed by atoms with E-state index in [4.69, 9.17) is 16.3 Å². The predicted octanol–water partition coefficient (Wildman–Crippen LogP) is 4.17. The lowest BCUT2D eigenvalue weighted by Crippen LogP contribution is -2.25. The van der Waals surface area contributed by atoms with Gasteiger partial charge in [0, 0.05) is 22.6 Å². The fourth-order valence-corrected chi connectivity index (χ4v) is 5.37. The molecule has 0 unspecified atom stereocenters. The van der Waals surface area contributed by atoms with Gasteiger partial charge in [-0.2, -0.15) is 0 Å². The van der Waals surface area contributed by atoms with Gasteiger partial charge in [-0.25, -0.2) is 13.4 Å². The molecule has 1 N–H and O–H groups in total. The lowest BCUT2D eigenvalue weighted by atomic mass is 10.2. The van der Waals surface area contributed by atoms with Gasteiger partial charge in [0.1, 0.15) is 23.1 Å². The van der Waals surface area contributed by atoms with Crippen molar-refractivity contribution in [3.8, 4) is 5.75 Å². The molecule has 30 heavy (non-hydrogen) atoms. The number of sulfonamides is 1. The lowest BCUT2D eigenvalue weighted by Gasteiger charge is -2.17. The minimum Gasteiger partial charge on any atom is -0.486 e. The molecule has 1 aliphatic rings. The molecule has 0 bridgehead atoms. The first-order valence-electron chi connectivity index (χ1n) is 9.15. The van der Waals surface area contributed by atoms with Gasteiger partial charge in [0.15, 0.2) is 0 Å². The number of thiazole rings is 1. The van der Waals surface area contributed by atoms with Gasteiger partial charge in [0.05, 0.1) is 11.4 Å². The number of carbonyl (C=O) groups is 1. The quantitative estimate of drug-likeness (QED) is 0.592. The first-order chi connectivity index (χ1) is 14.4. The van der Waals surface area contributed by atoms with Crippen molar-refractivity contribution in [1.82, 2.24) is 4.98 Å². The van der Waals surface area contributed by atoms with Gasteiger partial charge in [-0.05, 0) is 55.0 Å². The van der Waals surface area contributed by atoms with Gasteiger partial charge in [0.2, 0.25) is 10.0 Å². The number of rotatable bonds is 6. The highest BCUT2D eigenvalue weighted by Gasteiger charge is 2.28. The average Bonchev–Trinajstić information content (AvgIpc) is 3.34. The average molecular weight is 464 g/mol. The van der Waals surface area contributed by atoms with Gasteiger partial charge < -0.3 is 10.1 Å². The zero-order chi connectivity index (χ0) is 21.1. The van der Waals surface area contributed by atoms with Crippen molar-refractivity contribution in [2.45, 2.75) is 13.0 Å². The molecule has 1 saturated heterocycles. The number of carbonyl (C=O) groups excluding carboxylic acids is 1. The molecule has 0 radical (unpaired) electrons. The normalized spacial score (nSPS) is 15.2. The number of amides is 1. The number of anilines is 2. The van der Waals surface area contributed by atoms with Crippen LogP contribution in [-0.2, 0) is 16.6 Å². The molecule has 4 rings (SSSR count). The van der Waals surface area contributed by atoms with E-state index in [1.807, 2.05) is 0 Å². The van der Waals surface area contributed by atoms with Gasteiger partial charge in [-0.15, -0.1) is 11.3 Å². The van der Waals surface area contributed by atoms with Crippen molar-refractivity contribution in [3.05, 3.63) is 69.6 Å². The van der Waals surface area contributed by atoms with Crippen LogP contribution in [0.2, 0.25) is 5.02 Å².